The van der Waals surface area contributed by atoms with Crippen molar-refractivity contribution in [3.63, 3.8) is 0 Å². The van der Waals surface area contributed by atoms with Crippen LogP contribution in [0.15, 0.2) is 12.1 Å². The lowest BCUT2D eigenvalue weighted by molar-refractivity contribution is 0.366. The number of aromatic nitrogens is 1. The first-order valence-corrected chi connectivity index (χ1v) is 3.58. The van der Waals surface area contributed by atoms with Crippen LogP contribution in [0.1, 0.15) is 0 Å². The zero-order chi connectivity index (χ0) is 8.97. The maximum atomic E-state index is 5.03. The molecule has 0 fully saturated rings. The molecule has 0 aliphatic heterocycles. The smallest absolute Gasteiger partial charge is 0.240 e. The van der Waals surface area contributed by atoms with Crippen LogP contribution < -0.4 is 14.8 Å². The fourth-order valence-corrected chi connectivity index (χ4v) is 0.883. The largest absolute Gasteiger partial charge is 0.481 e. The molecule has 66 valence electrons. The molecular weight excluding hydrogens is 156 g/mol. The molecule has 0 saturated heterocycles. The molecule has 0 amide bonds. The average molecular weight is 168 g/mol. The molecule has 0 unspecified atom stereocenters. The Hall–Kier alpha value is -1.45. The average Bonchev–Trinajstić information content (AvgIpc) is 2.16. The molecule has 0 bridgehead atoms. The zero-order valence-electron chi connectivity index (χ0n) is 7.42. The standard InChI is InChI=1S/C8H12N2O2/c1-9-6-4-5-7(11-2)10-8(6)12-3/h4-5,9H,1-3H3. The number of hydrogen-bond acceptors (Lipinski definition) is 4. The Balaban J connectivity index is 3.02. The van der Waals surface area contributed by atoms with Gasteiger partial charge in [0.15, 0.2) is 0 Å². The summed E-state index contributed by atoms with van der Waals surface area (Å²) in [5.41, 5.74) is 0.846. The quantitative estimate of drug-likeness (QED) is 0.735. The van der Waals surface area contributed by atoms with E-state index in [2.05, 4.69) is 10.3 Å². The van der Waals surface area contributed by atoms with Crippen molar-refractivity contribution in [2.24, 2.45) is 0 Å². The van der Waals surface area contributed by atoms with Crippen molar-refractivity contribution in [1.82, 2.24) is 4.98 Å². The van der Waals surface area contributed by atoms with Crippen LogP contribution in [0.4, 0.5) is 5.69 Å². The molecule has 1 heterocycles. The Morgan fingerprint density at radius 1 is 1.25 bits per heavy atom. The summed E-state index contributed by atoms with van der Waals surface area (Å²) >= 11 is 0. The molecule has 1 aromatic rings. The van der Waals surface area contributed by atoms with E-state index in [1.807, 2.05) is 13.1 Å². The lowest BCUT2D eigenvalue weighted by Gasteiger charge is -2.07. The van der Waals surface area contributed by atoms with Crippen molar-refractivity contribution in [2.45, 2.75) is 0 Å². The van der Waals surface area contributed by atoms with Crippen LogP contribution in [-0.4, -0.2) is 26.3 Å². The van der Waals surface area contributed by atoms with Gasteiger partial charge in [-0.25, -0.2) is 0 Å². The summed E-state index contributed by atoms with van der Waals surface area (Å²) in [7, 11) is 4.95. The van der Waals surface area contributed by atoms with Gasteiger partial charge in [-0.1, -0.05) is 0 Å². The molecule has 12 heavy (non-hydrogen) atoms. The van der Waals surface area contributed by atoms with Gasteiger partial charge >= 0.3 is 0 Å². The van der Waals surface area contributed by atoms with Crippen molar-refractivity contribution in [1.29, 1.82) is 0 Å². The molecule has 0 aliphatic carbocycles. The van der Waals surface area contributed by atoms with Crippen LogP contribution in [0.3, 0.4) is 0 Å². The summed E-state index contributed by atoms with van der Waals surface area (Å²) in [6, 6.07) is 3.62. The normalized spacial score (nSPS) is 9.25. The maximum absolute atomic E-state index is 5.03. The first-order valence-electron chi connectivity index (χ1n) is 3.58. The molecule has 0 radical (unpaired) electrons. The molecular formula is C8H12N2O2. The lowest BCUT2D eigenvalue weighted by Crippen LogP contribution is -1.97. The molecule has 1 N–H and O–H groups in total. The van der Waals surface area contributed by atoms with Gasteiger partial charge in [0.1, 0.15) is 0 Å². The van der Waals surface area contributed by atoms with Crippen molar-refractivity contribution in [3.8, 4) is 11.8 Å². The first-order chi connectivity index (χ1) is 5.81. The molecule has 1 rings (SSSR count). The van der Waals surface area contributed by atoms with Gasteiger partial charge in [-0.3, -0.25) is 0 Å². The Kier molecular flexibility index (Phi) is 2.74. The number of nitrogens with zero attached hydrogens (tertiary/aromatic N) is 1. The van der Waals surface area contributed by atoms with E-state index in [-0.39, 0.29) is 0 Å². The minimum absolute atomic E-state index is 0.539. The number of nitrogens with one attached hydrogen (secondary N) is 1. The van der Waals surface area contributed by atoms with E-state index < -0.39 is 0 Å². The van der Waals surface area contributed by atoms with Gasteiger partial charge < -0.3 is 14.8 Å². The summed E-state index contributed by atoms with van der Waals surface area (Å²) in [5, 5.41) is 2.95. The Bertz CT molecular complexity index is 263. The van der Waals surface area contributed by atoms with Crippen molar-refractivity contribution in [2.75, 3.05) is 26.6 Å². The van der Waals surface area contributed by atoms with Gasteiger partial charge in [0.25, 0.3) is 0 Å². The summed E-state index contributed by atoms with van der Waals surface area (Å²) in [6.45, 7) is 0. The van der Waals surface area contributed by atoms with E-state index in [1.54, 1.807) is 20.3 Å². The van der Waals surface area contributed by atoms with Crippen LogP contribution in [0.2, 0.25) is 0 Å². The maximum Gasteiger partial charge on any atom is 0.240 e. The third kappa shape index (κ3) is 1.58. The molecule has 0 saturated carbocycles. The van der Waals surface area contributed by atoms with E-state index in [0.29, 0.717) is 11.8 Å². The fourth-order valence-electron chi connectivity index (χ4n) is 0.883. The van der Waals surface area contributed by atoms with Crippen molar-refractivity contribution < 1.29 is 9.47 Å². The van der Waals surface area contributed by atoms with Crippen LogP contribution in [0, 0.1) is 0 Å². The number of hydrogen-bond donors (Lipinski definition) is 1. The lowest BCUT2D eigenvalue weighted by atomic mass is 10.4. The fraction of sp³-hybridized carbons (Fsp3) is 0.375. The number of anilines is 1. The van der Waals surface area contributed by atoms with Crippen LogP contribution in [-0.2, 0) is 0 Å². The molecule has 0 spiro atoms. The summed E-state index contributed by atoms with van der Waals surface area (Å²) in [5.74, 6) is 1.09. The molecule has 1 aromatic heterocycles. The van der Waals surface area contributed by atoms with E-state index in [4.69, 9.17) is 9.47 Å². The van der Waals surface area contributed by atoms with Gasteiger partial charge in [-0.05, 0) is 6.07 Å². The number of methoxy groups -OCH3 is 2. The highest BCUT2D eigenvalue weighted by atomic mass is 16.5. The summed E-state index contributed by atoms with van der Waals surface area (Å²) in [4.78, 5) is 4.07. The number of pyridine rings is 1. The third-order valence-electron chi connectivity index (χ3n) is 1.51. The highest BCUT2D eigenvalue weighted by molar-refractivity contribution is 5.53. The molecule has 0 aromatic carbocycles. The zero-order valence-corrected chi connectivity index (χ0v) is 7.42. The third-order valence-corrected chi connectivity index (χ3v) is 1.51. The summed E-state index contributed by atoms with van der Waals surface area (Å²) in [6.07, 6.45) is 0. The Labute approximate surface area is 71.5 Å². The van der Waals surface area contributed by atoms with Crippen LogP contribution in [0.5, 0.6) is 11.8 Å². The first kappa shape index (κ1) is 8.64. The second-order valence-electron chi connectivity index (χ2n) is 2.16. The second-order valence-corrected chi connectivity index (χ2v) is 2.16. The van der Waals surface area contributed by atoms with Gasteiger partial charge in [-0.15, -0.1) is 0 Å². The van der Waals surface area contributed by atoms with Gasteiger partial charge in [0.2, 0.25) is 11.8 Å². The predicted octanol–water partition coefficient (Wildman–Crippen LogP) is 1.14. The van der Waals surface area contributed by atoms with Gasteiger partial charge in [0.05, 0.1) is 19.9 Å². The van der Waals surface area contributed by atoms with E-state index >= 15 is 0 Å². The predicted molar refractivity (Wildman–Crippen MR) is 46.9 cm³/mol. The molecule has 0 atom stereocenters. The number of rotatable bonds is 3. The minimum Gasteiger partial charge on any atom is -0.481 e. The number of ether oxygens (including phenoxy) is 2. The highest BCUT2D eigenvalue weighted by Gasteiger charge is 2.03. The SMILES string of the molecule is CNc1ccc(OC)nc1OC. The minimum atomic E-state index is 0.539. The van der Waals surface area contributed by atoms with Gasteiger partial charge in [-0.2, -0.15) is 4.98 Å². The second kappa shape index (κ2) is 3.80. The monoisotopic (exact) mass is 168 g/mol. The van der Waals surface area contributed by atoms with E-state index in [1.165, 1.54) is 0 Å². The van der Waals surface area contributed by atoms with Crippen molar-refractivity contribution in [3.05, 3.63) is 12.1 Å². The van der Waals surface area contributed by atoms with Crippen LogP contribution >= 0.6 is 0 Å². The Morgan fingerprint density at radius 2 is 2.00 bits per heavy atom. The van der Waals surface area contributed by atoms with Crippen LogP contribution in [0.25, 0.3) is 0 Å². The Morgan fingerprint density at radius 3 is 2.50 bits per heavy atom. The highest BCUT2D eigenvalue weighted by Crippen LogP contribution is 2.23. The topological polar surface area (TPSA) is 43.4 Å². The van der Waals surface area contributed by atoms with E-state index in [0.717, 1.165) is 5.69 Å². The molecule has 4 heteroatoms. The van der Waals surface area contributed by atoms with Crippen molar-refractivity contribution >= 4 is 5.69 Å². The summed E-state index contributed by atoms with van der Waals surface area (Å²) < 4.78 is 9.96. The van der Waals surface area contributed by atoms with Gasteiger partial charge in [0, 0.05) is 13.1 Å². The molecule has 4 nitrogen and oxygen atoms in total. The van der Waals surface area contributed by atoms with E-state index in [9.17, 15) is 0 Å². The molecule has 0 aliphatic rings.